The fourth-order valence-electron chi connectivity index (χ4n) is 6.27. The number of hydrogen-bond acceptors (Lipinski definition) is 2. The highest BCUT2D eigenvalue weighted by molar-refractivity contribution is 6.01. The van der Waals surface area contributed by atoms with E-state index >= 15 is 0 Å². The smallest absolute Gasteiger partial charge is 0.247 e. The number of anilines is 1. The topological polar surface area (TPSA) is 23.3 Å². The second kappa shape index (κ2) is 11.9. The van der Waals surface area contributed by atoms with Crippen molar-refractivity contribution in [3.05, 3.63) is 158 Å². The fourth-order valence-corrected chi connectivity index (χ4v) is 6.27. The molecule has 0 atom stereocenters. The van der Waals surface area contributed by atoms with Crippen molar-refractivity contribution in [2.24, 2.45) is 5.41 Å². The molecule has 3 heteroatoms. The summed E-state index contributed by atoms with van der Waals surface area (Å²) in [5.74, 6) is 0.0118. The zero-order valence-electron chi connectivity index (χ0n) is 25.5. The van der Waals surface area contributed by atoms with Gasteiger partial charge in [0.25, 0.3) is 0 Å². The molecule has 0 fully saturated rings. The van der Waals surface area contributed by atoms with Gasteiger partial charge in [-0.25, -0.2) is 0 Å². The lowest BCUT2D eigenvalue weighted by atomic mass is 9.87. The summed E-state index contributed by atoms with van der Waals surface area (Å²) < 4.78 is 1.78. The predicted octanol–water partition coefficient (Wildman–Crippen LogP) is 9.98. The van der Waals surface area contributed by atoms with Crippen molar-refractivity contribution in [2.75, 3.05) is 11.4 Å². The third-order valence-electron chi connectivity index (χ3n) is 8.46. The lowest BCUT2D eigenvalue weighted by molar-refractivity contribution is -0.376. The van der Waals surface area contributed by atoms with E-state index in [4.69, 9.17) is 0 Å². The summed E-state index contributed by atoms with van der Waals surface area (Å²) in [6, 6.07) is 54.3. The number of hydrogen-bond donors (Lipinski definition) is 0. The molecule has 6 aromatic carbocycles. The minimum absolute atomic E-state index is 0.0118. The van der Waals surface area contributed by atoms with Crippen LogP contribution >= 0.6 is 0 Å². The Morgan fingerprint density at radius 1 is 0.511 bits per heavy atom. The zero-order chi connectivity index (χ0) is 30.8. The van der Waals surface area contributed by atoms with E-state index in [1.807, 2.05) is 62.4 Å². The monoisotopic (exact) mass is 582 g/mol. The molecule has 6 aromatic rings. The van der Waals surface area contributed by atoms with Crippen molar-refractivity contribution in [2.45, 2.75) is 13.8 Å². The summed E-state index contributed by atoms with van der Waals surface area (Å²) in [7, 11) is 0. The SMILES string of the molecule is CC1(C)CN(c2c(-c3ccccc3)cccc2-c2ccccc2)[C-]=[N+](c2c(-c3ccccc3)cccc2-c2ccccc2)C1=O. The van der Waals surface area contributed by atoms with Crippen LogP contribution in [0, 0.1) is 5.41 Å². The van der Waals surface area contributed by atoms with E-state index in [1.165, 1.54) is 0 Å². The van der Waals surface area contributed by atoms with E-state index in [0.29, 0.717) is 6.54 Å². The number of carbonyl (C=O) groups excluding carboxylic acids is 1. The van der Waals surface area contributed by atoms with Gasteiger partial charge in [-0.05, 0) is 44.5 Å². The highest BCUT2D eigenvalue weighted by atomic mass is 16.2. The Bertz CT molecular complexity index is 1880. The minimum Gasteiger partial charge on any atom is -0.307 e. The van der Waals surface area contributed by atoms with Crippen LogP contribution in [0.25, 0.3) is 44.5 Å². The zero-order valence-corrected chi connectivity index (χ0v) is 25.5. The average molecular weight is 583 g/mol. The van der Waals surface area contributed by atoms with Gasteiger partial charge in [0.2, 0.25) is 12.2 Å². The summed E-state index contributed by atoms with van der Waals surface area (Å²) in [5, 5.41) is 0. The largest absolute Gasteiger partial charge is 0.307 e. The predicted molar refractivity (Wildman–Crippen MR) is 186 cm³/mol. The molecule has 0 aliphatic carbocycles. The molecule has 1 aliphatic heterocycles. The Labute approximate surface area is 265 Å². The van der Waals surface area contributed by atoms with Crippen LogP contribution < -0.4 is 4.90 Å². The highest BCUT2D eigenvalue weighted by Gasteiger charge is 2.40. The van der Waals surface area contributed by atoms with Crippen LogP contribution in [0.4, 0.5) is 11.4 Å². The van der Waals surface area contributed by atoms with Crippen LogP contribution in [0.2, 0.25) is 0 Å². The van der Waals surface area contributed by atoms with E-state index < -0.39 is 5.41 Å². The first-order valence-electron chi connectivity index (χ1n) is 15.4. The molecule has 1 heterocycles. The molecule has 0 aromatic heterocycles. The van der Waals surface area contributed by atoms with Crippen LogP contribution in [-0.4, -0.2) is 23.4 Å². The fraction of sp³-hybridized carbons (Fsp3) is 0.0952. The molecule has 1 amide bonds. The van der Waals surface area contributed by atoms with Gasteiger partial charge >= 0.3 is 0 Å². The molecule has 0 unspecified atom stereocenters. The van der Waals surface area contributed by atoms with Gasteiger partial charge in [-0.1, -0.05) is 172 Å². The first-order chi connectivity index (χ1) is 22.0. The molecule has 0 N–H and O–H groups in total. The van der Waals surface area contributed by atoms with Gasteiger partial charge in [0.15, 0.2) is 0 Å². The summed E-state index contributed by atoms with van der Waals surface area (Å²) in [6.07, 6.45) is 3.65. The number of benzene rings is 6. The Morgan fingerprint density at radius 2 is 0.867 bits per heavy atom. The second-order valence-corrected chi connectivity index (χ2v) is 12.1. The molecule has 7 rings (SSSR count). The van der Waals surface area contributed by atoms with Crippen molar-refractivity contribution in [1.82, 2.24) is 0 Å². The van der Waals surface area contributed by atoms with Crippen LogP contribution in [-0.2, 0) is 4.79 Å². The van der Waals surface area contributed by atoms with Crippen molar-refractivity contribution < 1.29 is 9.37 Å². The standard InChI is InChI=1S/C42H34N2O/c1-42(2)29-43(39-35(31-17-7-3-8-18-31)25-15-26-36(39)32-19-9-4-10-20-32)30-44(41(42)45)40-37(33-21-11-5-12-22-33)27-16-28-38(40)34-23-13-6-14-24-34/h3-28H,29H2,1-2H3. The molecule has 0 saturated carbocycles. The van der Waals surface area contributed by atoms with Gasteiger partial charge in [-0.2, -0.15) is 0 Å². The van der Waals surface area contributed by atoms with Crippen molar-refractivity contribution >= 4 is 23.6 Å². The van der Waals surface area contributed by atoms with Crippen molar-refractivity contribution in [3.8, 4) is 44.5 Å². The van der Waals surface area contributed by atoms with Gasteiger partial charge in [0.1, 0.15) is 0 Å². The van der Waals surface area contributed by atoms with Crippen LogP contribution in [0.1, 0.15) is 13.8 Å². The van der Waals surface area contributed by atoms with E-state index in [2.05, 4.69) is 120 Å². The first kappa shape index (κ1) is 28.2. The molecule has 0 radical (unpaired) electrons. The Hall–Kier alpha value is -5.54. The van der Waals surface area contributed by atoms with Gasteiger partial charge in [0.05, 0.1) is 23.3 Å². The number of rotatable bonds is 6. The van der Waals surface area contributed by atoms with Crippen molar-refractivity contribution in [1.29, 1.82) is 0 Å². The number of nitrogens with zero attached hydrogens (tertiary/aromatic N) is 2. The third-order valence-corrected chi connectivity index (χ3v) is 8.46. The summed E-state index contributed by atoms with van der Waals surface area (Å²) in [4.78, 5) is 16.7. The van der Waals surface area contributed by atoms with Gasteiger partial charge < -0.3 is 9.69 Å². The maximum Gasteiger partial charge on any atom is 0.247 e. The van der Waals surface area contributed by atoms with Gasteiger partial charge in [-0.3, -0.25) is 4.58 Å². The van der Waals surface area contributed by atoms with E-state index in [0.717, 1.165) is 55.9 Å². The molecule has 1 aliphatic rings. The van der Waals surface area contributed by atoms with E-state index in [9.17, 15) is 4.79 Å². The number of para-hydroxylation sites is 2. The summed E-state index contributed by atoms with van der Waals surface area (Å²) in [5.41, 5.74) is 9.62. The Kier molecular flexibility index (Phi) is 7.44. The number of amides is 1. The average Bonchev–Trinajstić information content (AvgIpc) is 3.10. The summed E-state index contributed by atoms with van der Waals surface area (Å²) >= 11 is 0. The van der Waals surface area contributed by atoms with Gasteiger partial charge in [-0.15, -0.1) is 0 Å². The summed E-state index contributed by atoms with van der Waals surface area (Å²) in [6.45, 7) is 4.56. The molecule has 0 saturated heterocycles. The van der Waals surface area contributed by atoms with Gasteiger partial charge in [0, 0.05) is 0 Å². The van der Waals surface area contributed by atoms with E-state index in [-0.39, 0.29) is 5.91 Å². The molecule has 218 valence electrons. The first-order valence-corrected chi connectivity index (χ1v) is 15.4. The molecule has 0 bridgehead atoms. The highest BCUT2D eigenvalue weighted by Crippen LogP contribution is 2.44. The molecule has 0 spiro atoms. The van der Waals surface area contributed by atoms with Crippen molar-refractivity contribution in [3.63, 3.8) is 0 Å². The third kappa shape index (κ3) is 5.38. The molecule has 45 heavy (non-hydrogen) atoms. The molecule has 3 nitrogen and oxygen atoms in total. The maximum atomic E-state index is 14.5. The van der Waals surface area contributed by atoms with Crippen LogP contribution in [0.15, 0.2) is 158 Å². The quantitative estimate of drug-likeness (QED) is 0.144. The lowest BCUT2D eigenvalue weighted by Gasteiger charge is -2.38. The molecular formula is C42H34N2O. The Balaban J connectivity index is 1.53. The second-order valence-electron chi connectivity index (χ2n) is 12.1. The lowest BCUT2D eigenvalue weighted by Crippen LogP contribution is -2.50. The van der Waals surface area contributed by atoms with Crippen LogP contribution in [0.3, 0.4) is 0 Å². The van der Waals surface area contributed by atoms with Crippen LogP contribution in [0.5, 0.6) is 0 Å². The normalized spacial score (nSPS) is 14.2. The number of carbonyl (C=O) groups is 1. The molecular weight excluding hydrogens is 548 g/mol. The van der Waals surface area contributed by atoms with E-state index in [1.54, 1.807) is 4.58 Å². The Morgan fingerprint density at radius 3 is 1.27 bits per heavy atom. The minimum atomic E-state index is -0.708. The maximum absolute atomic E-state index is 14.5.